The summed E-state index contributed by atoms with van der Waals surface area (Å²) in [4.78, 5) is 62.5. The van der Waals surface area contributed by atoms with Crippen LogP contribution in [0.4, 0.5) is 14.0 Å². The predicted octanol–water partition coefficient (Wildman–Crippen LogP) is 6.52. The highest BCUT2D eigenvalue weighted by molar-refractivity contribution is 5.89. The second kappa shape index (κ2) is 20.0. The zero-order valence-corrected chi connectivity index (χ0v) is 35.7. The van der Waals surface area contributed by atoms with Gasteiger partial charge in [-0.2, -0.15) is 0 Å². The normalized spacial score (nSPS) is 15.7. The van der Waals surface area contributed by atoms with Gasteiger partial charge < -0.3 is 35.6 Å². The van der Waals surface area contributed by atoms with Gasteiger partial charge in [0.15, 0.2) is 0 Å². The van der Waals surface area contributed by atoms with Crippen LogP contribution in [0.15, 0.2) is 103 Å². The molecule has 1 saturated heterocycles. The number of pyridine rings is 1. The van der Waals surface area contributed by atoms with Crippen LogP contribution in [-0.4, -0.2) is 94.3 Å². The van der Waals surface area contributed by atoms with Crippen molar-refractivity contribution >= 4 is 23.9 Å². The van der Waals surface area contributed by atoms with E-state index in [0.29, 0.717) is 19.5 Å². The number of aromatic nitrogens is 1. The van der Waals surface area contributed by atoms with E-state index < -0.39 is 59.0 Å². The van der Waals surface area contributed by atoms with Crippen LogP contribution in [-0.2, 0) is 33.7 Å². The number of halogens is 1. The summed E-state index contributed by atoms with van der Waals surface area (Å²) in [6, 6.07) is 25.3. The van der Waals surface area contributed by atoms with Crippen LogP contribution in [0.1, 0.15) is 64.7 Å². The lowest BCUT2D eigenvalue weighted by molar-refractivity contribution is -0.131. The predicted molar refractivity (Wildman–Crippen MR) is 229 cm³/mol. The molecule has 1 aliphatic heterocycles. The van der Waals surface area contributed by atoms with Crippen LogP contribution in [0.3, 0.4) is 0 Å². The highest BCUT2D eigenvalue weighted by Crippen LogP contribution is 2.29. The van der Waals surface area contributed by atoms with E-state index in [1.807, 2.05) is 114 Å². The number of rotatable bonds is 16. The number of carbonyl (C=O) groups excluding carboxylic acids is 4. The molecule has 12 nitrogen and oxygen atoms in total. The first-order chi connectivity index (χ1) is 28.4. The quantitative estimate of drug-likeness (QED) is 0.101. The minimum atomic E-state index is -1.17. The number of aliphatic hydroxyl groups is 1. The summed E-state index contributed by atoms with van der Waals surface area (Å²) in [5.74, 6) is -1.23. The highest BCUT2D eigenvalue weighted by Gasteiger charge is 2.44. The van der Waals surface area contributed by atoms with E-state index in [0.717, 1.165) is 27.9 Å². The Balaban J connectivity index is 1.41. The first-order valence-electron chi connectivity index (χ1n) is 20.4. The Morgan fingerprint density at radius 2 is 1.40 bits per heavy atom. The number of ether oxygens (including phenoxy) is 1. The first kappa shape index (κ1) is 45.3. The van der Waals surface area contributed by atoms with Crippen molar-refractivity contribution in [3.63, 3.8) is 0 Å². The molecule has 0 radical (unpaired) electrons. The fraction of sp³-hybridized carbons (Fsp3) is 0.426. The van der Waals surface area contributed by atoms with E-state index in [4.69, 9.17) is 4.74 Å². The zero-order chi connectivity index (χ0) is 43.6. The van der Waals surface area contributed by atoms with Crippen LogP contribution < -0.4 is 16.0 Å². The van der Waals surface area contributed by atoms with Crippen molar-refractivity contribution in [2.75, 3.05) is 20.2 Å². The number of hydrogen-bond acceptors (Lipinski definition) is 7. The van der Waals surface area contributed by atoms with Crippen LogP contribution >= 0.6 is 0 Å². The molecule has 4 N–H and O–H groups in total. The number of benzene rings is 3. The Kier molecular flexibility index (Phi) is 15.1. The number of alkyl carbamates (subject to hydrolysis) is 1. The number of carbonyl (C=O) groups is 4. The number of aliphatic hydroxyl groups excluding tert-OH is 1. The fourth-order valence-electron chi connectivity index (χ4n) is 7.63. The monoisotopic (exact) mass is 822 g/mol. The van der Waals surface area contributed by atoms with Crippen LogP contribution in [0.5, 0.6) is 0 Å². The number of nitrogens with zero attached hydrogens (tertiary/aromatic N) is 3. The van der Waals surface area contributed by atoms with Gasteiger partial charge in [-0.15, -0.1) is 0 Å². The molecule has 320 valence electrons. The maximum atomic E-state index is 14.6. The van der Waals surface area contributed by atoms with Crippen molar-refractivity contribution in [2.45, 2.75) is 97.6 Å². The second-order valence-electron chi connectivity index (χ2n) is 17.7. The molecule has 0 saturated carbocycles. The van der Waals surface area contributed by atoms with Crippen molar-refractivity contribution in [3.05, 3.63) is 126 Å². The molecule has 2 heterocycles. The molecule has 1 fully saturated rings. The Morgan fingerprint density at radius 1 is 0.767 bits per heavy atom. The van der Waals surface area contributed by atoms with Gasteiger partial charge in [0.05, 0.1) is 24.9 Å². The first-order valence-corrected chi connectivity index (χ1v) is 20.4. The molecule has 5 amide bonds. The van der Waals surface area contributed by atoms with Crippen LogP contribution in [0.25, 0.3) is 11.3 Å². The largest absolute Gasteiger partial charge is 0.453 e. The Hall–Kier alpha value is -5.82. The average Bonchev–Trinajstić information content (AvgIpc) is 3.55. The van der Waals surface area contributed by atoms with E-state index in [-0.39, 0.29) is 31.2 Å². The number of amides is 5. The van der Waals surface area contributed by atoms with E-state index >= 15 is 0 Å². The second-order valence-corrected chi connectivity index (χ2v) is 17.7. The lowest BCUT2D eigenvalue weighted by Gasteiger charge is -2.38. The summed E-state index contributed by atoms with van der Waals surface area (Å²) < 4.78 is 18.4. The van der Waals surface area contributed by atoms with Crippen molar-refractivity contribution in [2.24, 2.45) is 10.8 Å². The third kappa shape index (κ3) is 12.4. The van der Waals surface area contributed by atoms with Gasteiger partial charge in [-0.1, -0.05) is 114 Å². The van der Waals surface area contributed by atoms with Gasteiger partial charge in [0.2, 0.25) is 11.8 Å². The molecule has 0 aliphatic carbocycles. The van der Waals surface area contributed by atoms with Crippen LogP contribution in [0.2, 0.25) is 0 Å². The Labute approximate surface area is 352 Å². The van der Waals surface area contributed by atoms with Gasteiger partial charge in [0.25, 0.3) is 0 Å². The molecule has 1 aliphatic rings. The van der Waals surface area contributed by atoms with Gasteiger partial charge in [-0.05, 0) is 71.0 Å². The van der Waals surface area contributed by atoms with Gasteiger partial charge in [0, 0.05) is 37.4 Å². The number of methoxy groups -OCH3 is 1. The van der Waals surface area contributed by atoms with E-state index in [1.165, 1.54) is 19.2 Å². The average molecular weight is 823 g/mol. The molecule has 60 heavy (non-hydrogen) atoms. The molecule has 5 atom stereocenters. The van der Waals surface area contributed by atoms with Gasteiger partial charge in [0.1, 0.15) is 17.9 Å². The molecular formula is C47H59FN6O6. The minimum absolute atomic E-state index is 0.0366. The minimum Gasteiger partial charge on any atom is -0.453 e. The molecular weight excluding hydrogens is 764 g/mol. The van der Waals surface area contributed by atoms with Gasteiger partial charge >= 0.3 is 12.1 Å². The summed E-state index contributed by atoms with van der Waals surface area (Å²) in [6.07, 6.45) is 0.438. The molecule has 0 spiro atoms. The Bertz CT molecular complexity index is 2040. The molecule has 4 aromatic rings. The molecule has 0 unspecified atom stereocenters. The molecule has 13 heteroatoms. The maximum Gasteiger partial charge on any atom is 0.407 e. The summed E-state index contributed by atoms with van der Waals surface area (Å²) in [6.45, 7) is 12.2. The lowest BCUT2D eigenvalue weighted by atomic mass is 9.84. The number of nitrogens with one attached hydrogen (secondary N) is 3. The standard InChI is InChI=1S/C47H59FN6O6/c1-46(2,3)40(52-44(58)60-7)42(56)50-36(27-32-16-20-34(21-17-32)37-15-11-12-24-49-37)29-39(55)38(28-31-13-9-8-10-14-31)51-43(57)41(47(4,5)6)54-26-25-53(45(54)59)30-33-18-22-35(48)23-19-33/h8-24,36,38-41,55H,25-30H2,1-7H3,(H,50,56)(H,51,57)(H,52,58)/t36-,38-,39-,40+,41+/m0/s1. The Morgan fingerprint density at radius 3 is 2.00 bits per heavy atom. The van der Waals surface area contributed by atoms with Crippen molar-refractivity contribution in [1.29, 1.82) is 0 Å². The van der Waals surface area contributed by atoms with Gasteiger partial charge in [-0.3, -0.25) is 14.6 Å². The zero-order valence-electron chi connectivity index (χ0n) is 35.7. The lowest BCUT2D eigenvalue weighted by Crippen LogP contribution is -2.59. The van der Waals surface area contributed by atoms with Gasteiger partial charge in [-0.25, -0.2) is 14.0 Å². The smallest absolute Gasteiger partial charge is 0.407 e. The summed E-state index contributed by atoms with van der Waals surface area (Å²) in [7, 11) is 1.23. The third-order valence-corrected chi connectivity index (χ3v) is 10.7. The summed E-state index contributed by atoms with van der Waals surface area (Å²) >= 11 is 0. The SMILES string of the molecule is COC(=O)N[C@H](C(=O)N[C@@H](Cc1ccc(-c2ccccn2)cc1)C[C@H](O)[C@H](Cc1ccccc1)NC(=O)[C@@H](N1CCN(Cc2ccc(F)cc2)C1=O)C(C)(C)C)C(C)(C)C. The summed E-state index contributed by atoms with van der Waals surface area (Å²) in [5, 5.41) is 21.1. The topological polar surface area (TPSA) is 153 Å². The van der Waals surface area contributed by atoms with E-state index in [2.05, 4.69) is 20.9 Å². The van der Waals surface area contributed by atoms with Crippen molar-refractivity contribution in [1.82, 2.24) is 30.7 Å². The summed E-state index contributed by atoms with van der Waals surface area (Å²) in [5.41, 5.74) is 2.88. The number of hydrogen-bond donors (Lipinski definition) is 4. The molecule has 3 aromatic carbocycles. The third-order valence-electron chi connectivity index (χ3n) is 10.7. The van der Waals surface area contributed by atoms with Crippen molar-refractivity contribution in [3.8, 4) is 11.3 Å². The van der Waals surface area contributed by atoms with Crippen LogP contribution in [0, 0.1) is 16.6 Å². The van der Waals surface area contributed by atoms with E-state index in [1.54, 1.807) is 28.1 Å². The molecule has 5 rings (SSSR count). The maximum absolute atomic E-state index is 14.6. The molecule has 1 aromatic heterocycles. The van der Waals surface area contributed by atoms with E-state index in [9.17, 15) is 28.7 Å². The fourth-order valence-corrected chi connectivity index (χ4v) is 7.63. The number of urea groups is 1. The highest BCUT2D eigenvalue weighted by atomic mass is 19.1. The van der Waals surface area contributed by atoms with Crippen molar-refractivity contribution < 1.29 is 33.4 Å². The molecule has 0 bridgehead atoms.